The number of nitrogens with zero attached hydrogens (tertiary/aromatic N) is 2. The molecule has 0 radical (unpaired) electrons. The van der Waals surface area contributed by atoms with Gasteiger partial charge in [0.1, 0.15) is 0 Å². The van der Waals surface area contributed by atoms with Gasteiger partial charge in [0.15, 0.2) is 10.7 Å². The van der Waals surface area contributed by atoms with Gasteiger partial charge in [-0.15, -0.1) is 0 Å². The summed E-state index contributed by atoms with van der Waals surface area (Å²) >= 11 is 1.63. The summed E-state index contributed by atoms with van der Waals surface area (Å²) in [6.07, 6.45) is 3.56. The number of hydrogen-bond acceptors (Lipinski definition) is 3. The number of aryl methyl sites for hydroxylation is 1. The largest absolute Gasteiger partial charge is 0.294 e. The van der Waals surface area contributed by atoms with Crippen molar-refractivity contribution < 1.29 is 4.79 Å². The van der Waals surface area contributed by atoms with Crippen LogP contribution < -0.4 is 0 Å². The van der Waals surface area contributed by atoms with Crippen LogP contribution in [0.3, 0.4) is 0 Å². The molecule has 4 heteroatoms. The number of fused-ring (bicyclic) bond motifs is 3. The molecule has 0 atom stereocenters. The van der Waals surface area contributed by atoms with Crippen molar-refractivity contribution in [3.8, 4) is 11.3 Å². The molecule has 3 nitrogen and oxygen atoms in total. The first-order valence-corrected chi connectivity index (χ1v) is 8.99. The first kappa shape index (κ1) is 15.1. The van der Waals surface area contributed by atoms with Crippen molar-refractivity contribution in [2.75, 3.05) is 0 Å². The molecule has 2 aromatic heterocycles. The summed E-state index contributed by atoms with van der Waals surface area (Å²) in [4.78, 5) is 17.8. The van der Waals surface area contributed by atoms with Gasteiger partial charge in [-0.05, 0) is 31.5 Å². The normalized spacial score (nSPS) is 11.4. The number of ketones is 1. The molecule has 0 saturated heterocycles. The Morgan fingerprint density at radius 1 is 1.17 bits per heavy atom. The first-order valence-electron chi connectivity index (χ1n) is 8.17. The molecule has 2 aromatic carbocycles. The molecule has 0 N–H and O–H groups in total. The Kier molecular flexibility index (Phi) is 3.69. The number of rotatable bonds is 4. The maximum Gasteiger partial charge on any atom is 0.195 e. The fourth-order valence-electron chi connectivity index (χ4n) is 2.91. The fourth-order valence-corrected chi connectivity index (χ4v) is 3.96. The van der Waals surface area contributed by atoms with E-state index in [0.29, 0.717) is 6.42 Å². The van der Waals surface area contributed by atoms with Gasteiger partial charge in [-0.25, -0.2) is 4.98 Å². The molecule has 2 heterocycles. The maximum atomic E-state index is 12.1. The topological polar surface area (TPSA) is 34.4 Å². The highest BCUT2D eigenvalue weighted by molar-refractivity contribution is 7.23. The van der Waals surface area contributed by atoms with Crippen LogP contribution in [0.25, 0.3) is 26.4 Å². The van der Waals surface area contributed by atoms with Crippen molar-refractivity contribution >= 4 is 32.3 Å². The smallest absolute Gasteiger partial charge is 0.195 e. The minimum Gasteiger partial charge on any atom is -0.294 e. The summed E-state index contributed by atoms with van der Waals surface area (Å²) < 4.78 is 3.22. The predicted octanol–water partition coefficient (Wildman–Crippen LogP) is 5.51. The molecule has 0 bridgehead atoms. The molecule has 0 spiro atoms. The van der Waals surface area contributed by atoms with Crippen LogP contribution in [0.4, 0.5) is 0 Å². The van der Waals surface area contributed by atoms with Crippen molar-refractivity contribution in [1.29, 1.82) is 0 Å². The summed E-state index contributed by atoms with van der Waals surface area (Å²) in [5, 5.41) is 0. The third-order valence-corrected chi connectivity index (χ3v) is 5.26. The van der Waals surface area contributed by atoms with Crippen molar-refractivity contribution in [1.82, 2.24) is 9.38 Å². The summed E-state index contributed by atoms with van der Waals surface area (Å²) in [6, 6.07) is 14.4. The van der Waals surface area contributed by atoms with Crippen LogP contribution in [0.2, 0.25) is 0 Å². The van der Waals surface area contributed by atoms with Gasteiger partial charge in [0.25, 0.3) is 0 Å². The van der Waals surface area contributed by atoms with Gasteiger partial charge in [-0.2, -0.15) is 0 Å². The lowest BCUT2D eigenvalue weighted by Gasteiger charge is -1.99. The van der Waals surface area contributed by atoms with E-state index in [1.807, 2.05) is 25.1 Å². The Morgan fingerprint density at radius 2 is 1.96 bits per heavy atom. The van der Waals surface area contributed by atoms with Gasteiger partial charge in [-0.1, -0.05) is 48.1 Å². The van der Waals surface area contributed by atoms with Gasteiger partial charge >= 0.3 is 0 Å². The zero-order valence-electron chi connectivity index (χ0n) is 13.7. The van der Waals surface area contributed by atoms with Gasteiger partial charge < -0.3 is 0 Å². The summed E-state index contributed by atoms with van der Waals surface area (Å²) in [6.45, 7) is 4.11. The number of carbonyl (C=O) groups is 1. The monoisotopic (exact) mass is 334 g/mol. The zero-order chi connectivity index (χ0) is 16.7. The average molecular weight is 334 g/mol. The number of aromatic nitrogens is 2. The number of hydrogen-bond donors (Lipinski definition) is 0. The summed E-state index contributed by atoms with van der Waals surface area (Å²) in [7, 11) is 0. The van der Waals surface area contributed by atoms with E-state index in [9.17, 15) is 4.79 Å². The van der Waals surface area contributed by atoms with Crippen LogP contribution >= 0.6 is 11.3 Å². The second-order valence-electron chi connectivity index (χ2n) is 6.10. The van der Waals surface area contributed by atoms with E-state index in [0.717, 1.165) is 38.4 Å². The molecule has 4 aromatic rings. The summed E-state index contributed by atoms with van der Waals surface area (Å²) in [5.41, 5.74) is 5.25. The van der Waals surface area contributed by atoms with Crippen LogP contribution in [-0.2, 0) is 0 Å². The third-order valence-electron chi connectivity index (χ3n) is 4.24. The standard InChI is InChI=1S/C20H18N2OS/c1-3-4-18(23)15-9-10-17-19(11-15)24-20-21-16(12-22(17)20)14-7-5-13(2)6-8-14/h5-12H,3-4H2,1-2H3. The second-order valence-corrected chi connectivity index (χ2v) is 7.11. The SMILES string of the molecule is CCCC(=O)c1ccc2c(c1)sc1nc(-c3ccc(C)cc3)cn12. The van der Waals surface area contributed by atoms with Gasteiger partial charge in [0.2, 0.25) is 0 Å². The molecule has 0 saturated carbocycles. The minimum atomic E-state index is 0.214. The van der Waals surface area contributed by atoms with E-state index in [1.54, 1.807) is 11.3 Å². The number of carbonyl (C=O) groups excluding carboxylic acids is 1. The van der Waals surface area contributed by atoms with E-state index in [2.05, 4.69) is 41.8 Å². The number of imidazole rings is 1. The van der Waals surface area contributed by atoms with E-state index in [1.165, 1.54) is 5.56 Å². The van der Waals surface area contributed by atoms with E-state index in [-0.39, 0.29) is 5.78 Å². The molecule has 0 amide bonds. The van der Waals surface area contributed by atoms with E-state index < -0.39 is 0 Å². The van der Waals surface area contributed by atoms with Crippen LogP contribution in [0.1, 0.15) is 35.7 Å². The predicted molar refractivity (Wildman–Crippen MR) is 100.0 cm³/mol. The van der Waals surface area contributed by atoms with Crippen molar-refractivity contribution in [2.24, 2.45) is 0 Å². The fraction of sp³-hybridized carbons (Fsp3) is 0.200. The average Bonchev–Trinajstić information content (AvgIpc) is 3.12. The minimum absolute atomic E-state index is 0.214. The summed E-state index contributed by atoms with van der Waals surface area (Å²) in [5.74, 6) is 0.214. The number of thiazole rings is 1. The maximum absolute atomic E-state index is 12.1. The lowest BCUT2D eigenvalue weighted by molar-refractivity contribution is 0.0982. The number of Topliss-reactive ketones (excluding diaryl/α,β-unsaturated/α-hetero) is 1. The molecule has 0 unspecified atom stereocenters. The van der Waals surface area contributed by atoms with Crippen LogP contribution in [-0.4, -0.2) is 15.2 Å². The Labute approximate surface area is 144 Å². The molecule has 120 valence electrons. The molecule has 24 heavy (non-hydrogen) atoms. The second kappa shape index (κ2) is 5.87. The van der Waals surface area contributed by atoms with E-state index in [4.69, 9.17) is 4.98 Å². The quantitative estimate of drug-likeness (QED) is 0.461. The molecule has 0 aliphatic rings. The lowest BCUT2D eigenvalue weighted by Crippen LogP contribution is -1.97. The van der Waals surface area contributed by atoms with Gasteiger partial charge in [0.05, 0.1) is 15.9 Å². The molecule has 4 rings (SSSR count). The van der Waals surface area contributed by atoms with Crippen LogP contribution in [0.5, 0.6) is 0 Å². The Hall–Kier alpha value is -2.46. The number of benzene rings is 2. The highest BCUT2D eigenvalue weighted by Crippen LogP contribution is 2.30. The van der Waals surface area contributed by atoms with Gasteiger partial charge in [-0.3, -0.25) is 9.20 Å². The Bertz CT molecular complexity index is 1040. The van der Waals surface area contributed by atoms with E-state index >= 15 is 0 Å². The molecule has 0 aliphatic heterocycles. The first-order chi connectivity index (χ1) is 11.7. The van der Waals surface area contributed by atoms with Gasteiger partial charge in [0, 0.05) is 23.7 Å². The molecule has 0 fully saturated rings. The van der Waals surface area contributed by atoms with Crippen molar-refractivity contribution in [2.45, 2.75) is 26.7 Å². The van der Waals surface area contributed by atoms with Crippen molar-refractivity contribution in [3.63, 3.8) is 0 Å². The zero-order valence-corrected chi connectivity index (χ0v) is 14.6. The Balaban J connectivity index is 1.78. The van der Waals surface area contributed by atoms with Crippen molar-refractivity contribution in [3.05, 3.63) is 59.8 Å². The third kappa shape index (κ3) is 2.53. The highest BCUT2D eigenvalue weighted by atomic mass is 32.1. The lowest BCUT2D eigenvalue weighted by atomic mass is 10.1. The highest BCUT2D eigenvalue weighted by Gasteiger charge is 2.12. The molecule has 0 aliphatic carbocycles. The molecular formula is C20H18N2OS. The molecular weight excluding hydrogens is 316 g/mol. The van der Waals surface area contributed by atoms with Crippen LogP contribution in [0.15, 0.2) is 48.7 Å². The Morgan fingerprint density at radius 3 is 2.71 bits per heavy atom. The van der Waals surface area contributed by atoms with Crippen LogP contribution in [0, 0.1) is 6.92 Å².